The third-order valence-corrected chi connectivity index (χ3v) is 4.59. The van der Waals surface area contributed by atoms with Crippen LogP contribution in [0.2, 0.25) is 0 Å². The highest BCUT2D eigenvalue weighted by Gasteiger charge is 2.95. The van der Waals surface area contributed by atoms with Crippen molar-refractivity contribution in [2.24, 2.45) is 0 Å². The summed E-state index contributed by atoms with van der Waals surface area (Å²) in [6, 6.07) is 2.14. The summed E-state index contributed by atoms with van der Waals surface area (Å²) in [5, 5.41) is 4.32. The van der Waals surface area contributed by atoms with E-state index in [1.165, 1.54) is 0 Å². The van der Waals surface area contributed by atoms with Gasteiger partial charge in [-0.2, -0.15) is 70.2 Å². The largest absolute Gasteiger partial charge is 0.393 e. The molecule has 5 nitrogen and oxygen atoms in total. The normalized spacial score (nSPS) is 14.9. The van der Waals surface area contributed by atoms with E-state index in [1.54, 1.807) is 0 Å². The van der Waals surface area contributed by atoms with E-state index in [1.807, 2.05) is 0 Å². The summed E-state index contributed by atoms with van der Waals surface area (Å²) < 4.78 is 215. The number of hydrogen-bond acceptors (Lipinski definition) is 3. The van der Waals surface area contributed by atoms with E-state index >= 15 is 0 Å². The first-order valence-electron chi connectivity index (χ1n) is 8.33. The minimum Gasteiger partial charge on any atom is -0.315 e. The van der Waals surface area contributed by atoms with Gasteiger partial charge in [-0.3, -0.25) is 14.9 Å². The first-order chi connectivity index (χ1) is 16.1. The van der Waals surface area contributed by atoms with Crippen molar-refractivity contribution < 1.29 is 80.0 Å². The predicted molar refractivity (Wildman–Crippen MR) is 87.2 cm³/mol. The van der Waals surface area contributed by atoms with Gasteiger partial charge < -0.3 is 5.32 Å². The summed E-state index contributed by atoms with van der Waals surface area (Å²) in [5.74, 6) is -61.7. The topological polar surface area (TPSA) is 72.2 Å². The van der Waals surface area contributed by atoms with Crippen molar-refractivity contribution in [2.75, 3.05) is 5.32 Å². The van der Waals surface area contributed by atoms with Gasteiger partial charge in [0.25, 0.3) is 5.69 Å². The molecule has 0 unspecified atom stereocenters. The van der Waals surface area contributed by atoms with Gasteiger partial charge in [-0.1, -0.05) is 12.1 Å². The summed E-state index contributed by atoms with van der Waals surface area (Å²) in [4.78, 5) is 20.7. The van der Waals surface area contributed by atoms with Crippen molar-refractivity contribution >= 4 is 28.9 Å². The van der Waals surface area contributed by atoms with Crippen LogP contribution in [0.3, 0.4) is 0 Å². The molecule has 0 aliphatic carbocycles. The molecule has 0 radical (unpaired) electrons. The number of carbonyl (C=O) groups is 1. The Balaban J connectivity index is 3.63. The second-order valence-electron chi connectivity index (χ2n) is 6.75. The van der Waals surface area contributed by atoms with Crippen molar-refractivity contribution in [2.45, 2.75) is 46.8 Å². The smallest absolute Gasteiger partial charge is 0.315 e. The number of amides is 1. The molecule has 0 spiro atoms. The van der Waals surface area contributed by atoms with Crippen LogP contribution in [-0.2, 0) is 4.79 Å². The minimum atomic E-state index is -8.74. The summed E-state index contributed by atoms with van der Waals surface area (Å²) in [5.41, 5.74) is -2.88. The van der Waals surface area contributed by atoms with Crippen LogP contribution in [0, 0.1) is 10.1 Å². The van der Waals surface area contributed by atoms with Gasteiger partial charge in [-0.15, -0.1) is 0 Å². The van der Waals surface area contributed by atoms with Gasteiger partial charge >= 0.3 is 52.7 Å². The number of halogens is 17. The molecule has 0 bridgehead atoms. The highest BCUT2D eigenvalue weighted by molar-refractivity contribution is 6.22. The van der Waals surface area contributed by atoms with Crippen molar-refractivity contribution in [3.63, 3.8) is 0 Å². The van der Waals surface area contributed by atoms with Gasteiger partial charge in [0.1, 0.15) is 5.69 Å². The lowest BCUT2D eigenvalue weighted by Gasteiger charge is -2.42. The zero-order valence-electron chi connectivity index (χ0n) is 16.4. The van der Waals surface area contributed by atoms with Gasteiger partial charge in [0.15, 0.2) is 0 Å². The Labute approximate surface area is 196 Å². The number of nitrogens with zero attached hydrogens (tertiary/aromatic N) is 1. The maximum atomic E-state index is 13.9. The van der Waals surface area contributed by atoms with Crippen LogP contribution in [0.5, 0.6) is 0 Å². The Bertz CT molecular complexity index is 1060. The van der Waals surface area contributed by atoms with Crippen molar-refractivity contribution in [1.82, 2.24) is 0 Å². The molecule has 1 amide bonds. The second-order valence-corrected chi connectivity index (χ2v) is 7.22. The maximum absolute atomic E-state index is 13.9. The van der Waals surface area contributed by atoms with Crippen LogP contribution in [0.4, 0.5) is 81.6 Å². The van der Waals surface area contributed by atoms with Gasteiger partial charge in [0.05, 0.1) is 4.92 Å². The highest BCUT2D eigenvalue weighted by atomic mass is 35.5. The number of alkyl halides is 17. The van der Waals surface area contributed by atoms with E-state index in [-0.39, 0.29) is 0 Å². The first kappa shape index (κ1) is 32.3. The molecule has 22 heteroatoms. The van der Waals surface area contributed by atoms with E-state index < -0.39 is 69.0 Å². The van der Waals surface area contributed by atoms with Crippen LogP contribution >= 0.6 is 11.6 Å². The molecule has 0 atom stereocenters. The molecule has 37 heavy (non-hydrogen) atoms. The number of para-hydroxylation sites is 2. The zero-order chi connectivity index (χ0) is 29.8. The first-order valence-corrected chi connectivity index (χ1v) is 8.71. The summed E-state index contributed by atoms with van der Waals surface area (Å²) in [7, 11) is 0. The zero-order valence-corrected chi connectivity index (χ0v) is 17.2. The average Bonchev–Trinajstić information content (AvgIpc) is 2.72. The minimum absolute atomic E-state index is 0.292. The van der Waals surface area contributed by atoms with Crippen LogP contribution < -0.4 is 5.32 Å². The van der Waals surface area contributed by atoms with E-state index in [0.717, 1.165) is 6.07 Å². The lowest BCUT2D eigenvalue weighted by Crippen LogP contribution is -2.75. The van der Waals surface area contributed by atoms with Crippen LogP contribution in [0.15, 0.2) is 24.3 Å². The van der Waals surface area contributed by atoms with E-state index in [9.17, 15) is 85.2 Å². The third-order valence-electron chi connectivity index (χ3n) is 4.36. The Hall–Kier alpha value is -2.74. The molecule has 212 valence electrons. The fourth-order valence-corrected chi connectivity index (χ4v) is 2.36. The molecule has 0 fully saturated rings. The molecular formula is C15H5ClF16N2O3. The Kier molecular flexibility index (Phi) is 7.79. The fourth-order valence-electron chi connectivity index (χ4n) is 2.25. The molecule has 0 aromatic heterocycles. The van der Waals surface area contributed by atoms with E-state index in [4.69, 9.17) is 0 Å². The second kappa shape index (κ2) is 8.93. The van der Waals surface area contributed by atoms with Gasteiger partial charge in [0, 0.05) is 6.07 Å². The Morgan fingerprint density at radius 3 is 1.41 bits per heavy atom. The lowest BCUT2D eigenvalue weighted by molar-refractivity contribution is -0.445. The van der Waals surface area contributed by atoms with Crippen molar-refractivity contribution in [3.05, 3.63) is 34.4 Å². The van der Waals surface area contributed by atoms with Gasteiger partial charge in [-0.25, -0.2) is 0 Å². The monoisotopic (exact) mass is 600 g/mol. The predicted octanol–water partition coefficient (Wildman–Crippen LogP) is 6.81. The molecule has 1 aromatic rings. The summed E-state index contributed by atoms with van der Waals surface area (Å²) in [6.45, 7) is 0. The van der Waals surface area contributed by atoms with Crippen molar-refractivity contribution in [1.29, 1.82) is 0 Å². The number of nitrogens with one attached hydrogen (secondary N) is 1. The highest BCUT2D eigenvalue weighted by Crippen LogP contribution is 2.64. The maximum Gasteiger partial charge on any atom is 0.393 e. The third kappa shape index (κ3) is 4.47. The molecule has 1 N–H and O–H groups in total. The molecule has 0 saturated carbocycles. The summed E-state index contributed by atoms with van der Waals surface area (Å²) in [6.07, 6.45) is 0. The number of rotatable bonds is 10. The standard InChI is InChI=1S/C15H5ClF16N2O3/c16-15(31,32)14(29,30)13(27,28)12(25,26)11(23,24)10(21,22)9(19,20)8(17,18)7(35)33-5-3-1-2-4-6(5)34(36)37/h1-4H,(H,33,35). The van der Waals surface area contributed by atoms with Gasteiger partial charge in [-0.05, 0) is 17.7 Å². The van der Waals surface area contributed by atoms with Crippen LogP contribution in [0.25, 0.3) is 0 Å². The summed E-state index contributed by atoms with van der Waals surface area (Å²) >= 11 is 3.40. The Morgan fingerprint density at radius 2 is 1.03 bits per heavy atom. The number of anilines is 1. The van der Waals surface area contributed by atoms with Crippen LogP contribution in [-0.4, -0.2) is 57.7 Å². The number of benzene rings is 1. The molecule has 0 heterocycles. The number of nitro benzene ring substituents is 1. The van der Waals surface area contributed by atoms with Gasteiger partial charge in [0.2, 0.25) is 0 Å². The number of carbonyl (C=O) groups excluding carboxylic acids is 1. The molecule has 1 aromatic carbocycles. The van der Waals surface area contributed by atoms with E-state index in [0.29, 0.717) is 23.5 Å². The Morgan fingerprint density at radius 1 is 0.676 bits per heavy atom. The molecule has 0 aliphatic heterocycles. The molecular weight excluding hydrogens is 596 g/mol. The van der Waals surface area contributed by atoms with E-state index in [2.05, 4.69) is 11.6 Å². The quantitative estimate of drug-likeness (QED) is 0.139. The number of nitro groups is 1. The molecule has 1 rings (SSSR count). The van der Waals surface area contributed by atoms with Crippen molar-refractivity contribution in [3.8, 4) is 0 Å². The average molecular weight is 601 g/mol. The van der Waals surface area contributed by atoms with Crippen LogP contribution in [0.1, 0.15) is 0 Å². The molecule has 0 aliphatic rings. The fraction of sp³-hybridized carbons (Fsp3) is 0.533. The molecule has 0 saturated heterocycles. The number of hydrogen-bond donors (Lipinski definition) is 1. The SMILES string of the molecule is O=C(Nc1ccccc1[N+](=O)[O-])C(F)(F)C(F)(F)C(F)(F)C(F)(F)C(F)(F)C(F)(F)C(F)(F)C(F)(F)Cl. The lowest BCUT2D eigenvalue weighted by atomic mass is 9.89.